The molecule has 90 valence electrons. The lowest BCUT2D eigenvalue weighted by molar-refractivity contribution is -0.120. The number of nitrogens with zero attached hydrogens (tertiary/aromatic N) is 1. The van der Waals surface area contributed by atoms with Crippen LogP contribution >= 0.6 is 11.8 Å². The minimum atomic E-state index is -0.643. The zero-order valence-corrected chi connectivity index (χ0v) is 11.0. The first-order valence-corrected chi connectivity index (χ1v) is 6.44. The highest BCUT2D eigenvalue weighted by molar-refractivity contribution is 8.14. The second-order valence-electron chi connectivity index (χ2n) is 4.56. The van der Waals surface area contributed by atoms with E-state index in [4.69, 9.17) is 0 Å². The molecular formula is C13H15NO2S. The summed E-state index contributed by atoms with van der Waals surface area (Å²) in [5.74, 6) is 0.923. The summed E-state index contributed by atoms with van der Waals surface area (Å²) in [5.41, 5.74) is 1.15. The highest BCUT2D eigenvalue weighted by Crippen LogP contribution is 2.34. The third-order valence-electron chi connectivity index (χ3n) is 2.98. The molecule has 0 amide bonds. The van der Waals surface area contributed by atoms with E-state index < -0.39 is 5.54 Å². The molecule has 0 radical (unpaired) electrons. The fourth-order valence-electron chi connectivity index (χ4n) is 1.64. The standard InChI is InChI=1S/C13H15NO2S/c1-8-4-5-11(16)10(6-8)12-14-13(3,7-17-12)9(2)15/h4-6,16H,7H2,1-3H3/t13-/m1/s1. The van der Waals surface area contributed by atoms with E-state index in [2.05, 4.69) is 4.99 Å². The van der Waals surface area contributed by atoms with E-state index >= 15 is 0 Å². The van der Waals surface area contributed by atoms with Crippen LogP contribution in [0.1, 0.15) is 25.0 Å². The summed E-state index contributed by atoms with van der Waals surface area (Å²) in [5, 5.41) is 10.6. The van der Waals surface area contributed by atoms with E-state index in [-0.39, 0.29) is 11.5 Å². The molecule has 0 unspecified atom stereocenters. The van der Waals surface area contributed by atoms with Gasteiger partial charge in [0.2, 0.25) is 0 Å². The highest BCUT2D eigenvalue weighted by atomic mass is 32.2. The maximum Gasteiger partial charge on any atom is 0.157 e. The Kier molecular flexibility index (Phi) is 3.00. The Morgan fingerprint density at radius 2 is 2.24 bits per heavy atom. The zero-order valence-electron chi connectivity index (χ0n) is 10.2. The summed E-state index contributed by atoms with van der Waals surface area (Å²) in [6, 6.07) is 5.41. The molecule has 0 aromatic heterocycles. The van der Waals surface area contributed by atoms with E-state index in [9.17, 15) is 9.90 Å². The fourth-order valence-corrected chi connectivity index (χ4v) is 2.91. The number of benzene rings is 1. The number of Topliss-reactive ketones (excluding diaryl/α,β-unsaturated/α-hetero) is 1. The maximum atomic E-state index is 11.5. The summed E-state index contributed by atoms with van der Waals surface area (Å²) in [4.78, 5) is 16.0. The second-order valence-corrected chi connectivity index (χ2v) is 5.52. The first-order chi connectivity index (χ1) is 7.92. The number of carbonyl (C=O) groups is 1. The van der Waals surface area contributed by atoms with Crippen LogP contribution in [0.25, 0.3) is 0 Å². The van der Waals surface area contributed by atoms with Crippen LogP contribution in [-0.2, 0) is 4.79 Å². The van der Waals surface area contributed by atoms with Crippen LogP contribution in [0.3, 0.4) is 0 Å². The summed E-state index contributed by atoms with van der Waals surface area (Å²) in [6.07, 6.45) is 0. The Labute approximate surface area is 105 Å². The van der Waals surface area contributed by atoms with Gasteiger partial charge in [0.15, 0.2) is 5.78 Å². The first-order valence-electron chi connectivity index (χ1n) is 5.46. The number of hydrogen-bond donors (Lipinski definition) is 1. The Bertz CT molecular complexity index is 510. The molecule has 1 heterocycles. The van der Waals surface area contributed by atoms with Crippen molar-refractivity contribution >= 4 is 22.6 Å². The van der Waals surface area contributed by atoms with Crippen molar-refractivity contribution in [3.63, 3.8) is 0 Å². The number of phenols is 1. The molecule has 0 saturated heterocycles. The van der Waals surface area contributed by atoms with Gasteiger partial charge in [-0.25, -0.2) is 0 Å². The van der Waals surface area contributed by atoms with Crippen LogP contribution in [0.15, 0.2) is 23.2 Å². The summed E-state index contributed by atoms with van der Waals surface area (Å²) >= 11 is 1.52. The molecule has 0 bridgehead atoms. The molecule has 0 fully saturated rings. The van der Waals surface area contributed by atoms with Crippen molar-refractivity contribution < 1.29 is 9.90 Å². The van der Waals surface area contributed by atoms with E-state index in [1.54, 1.807) is 13.0 Å². The van der Waals surface area contributed by atoms with Crippen LogP contribution in [0.4, 0.5) is 0 Å². The number of hydrogen-bond acceptors (Lipinski definition) is 4. The van der Waals surface area contributed by atoms with Gasteiger partial charge in [0.1, 0.15) is 16.3 Å². The molecular weight excluding hydrogens is 234 g/mol. The Balaban J connectivity index is 2.43. The van der Waals surface area contributed by atoms with Crippen LogP contribution in [-0.4, -0.2) is 27.2 Å². The van der Waals surface area contributed by atoms with Gasteiger partial charge in [0.05, 0.1) is 0 Å². The molecule has 1 aromatic rings. The highest BCUT2D eigenvalue weighted by Gasteiger charge is 2.36. The average molecular weight is 249 g/mol. The van der Waals surface area contributed by atoms with Crippen LogP contribution < -0.4 is 0 Å². The molecule has 17 heavy (non-hydrogen) atoms. The van der Waals surface area contributed by atoms with Gasteiger partial charge in [-0.1, -0.05) is 11.6 Å². The number of aliphatic imine (C=N–C) groups is 1. The summed E-state index contributed by atoms with van der Waals surface area (Å²) < 4.78 is 0. The molecule has 1 N–H and O–H groups in total. The van der Waals surface area contributed by atoms with Crippen LogP contribution in [0, 0.1) is 6.92 Å². The van der Waals surface area contributed by atoms with E-state index in [0.29, 0.717) is 5.75 Å². The van der Waals surface area contributed by atoms with E-state index in [1.165, 1.54) is 11.8 Å². The lowest BCUT2D eigenvalue weighted by Gasteiger charge is -2.14. The predicted molar refractivity (Wildman–Crippen MR) is 70.9 cm³/mol. The van der Waals surface area contributed by atoms with Crippen LogP contribution in [0.2, 0.25) is 0 Å². The van der Waals surface area contributed by atoms with Gasteiger partial charge in [0.25, 0.3) is 0 Å². The van der Waals surface area contributed by atoms with Gasteiger partial charge in [-0.2, -0.15) is 0 Å². The fraction of sp³-hybridized carbons (Fsp3) is 0.385. The van der Waals surface area contributed by atoms with Crippen molar-refractivity contribution in [3.05, 3.63) is 29.3 Å². The minimum absolute atomic E-state index is 0.0622. The lowest BCUT2D eigenvalue weighted by Crippen LogP contribution is -2.31. The monoisotopic (exact) mass is 249 g/mol. The summed E-state index contributed by atoms with van der Waals surface area (Å²) in [7, 11) is 0. The number of rotatable bonds is 2. The molecule has 0 spiro atoms. The quantitative estimate of drug-likeness (QED) is 0.876. The second kappa shape index (κ2) is 4.18. The Morgan fingerprint density at radius 1 is 1.53 bits per heavy atom. The number of phenolic OH excluding ortho intramolecular Hbond substituents is 1. The number of carbonyl (C=O) groups excluding carboxylic acids is 1. The maximum absolute atomic E-state index is 11.5. The van der Waals surface area contributed by atoms with Gasteiger partial charge in [-0.05, 0) is 32.9 Å². The Morgan fingerprint density at radius 3 is 2.82 bits per heavy atom. The van der Waals surface area contributed by atoms with Crippen molar-refractivity contribution in [1.29, 1.82) is 0 Å². The zero-order chi connectivity index (χ0) is 12.6. The molecule has 1 aliphatic rings. The van der Waals surface area contributed by atoms with Gasteiger partial charge in [-0.15, -0.1) is 11.8 Å². The Hall–Kier alpha value is -1.29. The third-order valence-corrected chi connectivity index (χ3v) is 4.27. The SMILES string of the molecule is CC(=O)[C@@]1(C)CSC(c2cc(C)ccc2O)=N1. The van der Waals surface area contributed by atoms with Gasteiger partial charge < -0.3 is 5.11 Å². The first kappa shape index (κ1) is 12.2. The third kappa shape index (κ3) is 2.22. The van der Waals surface area contributed by atoms with Crippen molar-refractivity contribution in [1.82, 2.24) is 0 Å². The topological polar surface area (TPSA) is 49.7 Å². The molecule has 3 nitrogen and oxygen atoms in total. The largest absolute Gasteiger partial charge is 0.507 e. The number of ketones is 1. The van der Waals surface area contributed by atoms with Crippen molar-refractivity contribution in [3.8, 4) is 5.75 Å². The predicted octanol–water partition coefficient (Wildman–Crippen LogP) is 2.54. The van der Waals surface area contributed by atoms with Crippen molar-refractivity contribution in [2.24, 2.45) is 4.99 Å². The smallest absolute Gasteiger partial charge is 0.157 e. The molecule has 1 aromatic carbocycles. The normalized spacial score (nSPS) is 23.6. The molecule has 2 rings (SSSR count). The van der Waals surface area contributed by atoms with E-state index in [1.807, 2.05) is 26.0 Å². The van der Waals surface area contributed by atoms with Crippen molar-refractivity contribution in [2.75, 3.05) is 5.75 Å². The van der Waals surface area contributed by atoms with Gasteiger partial charge >= 0.3 is 0 Å². The van der Waals surface area contributed by atoms with Gasteiger partial charge in [-0.3, -0.25) is 9.79 Å². The number of aryl methyl sites for hydroxylation is 1. The molecule has 0 saturated carbocycles. The van der Waals surface area contributed by atoms with E-state index in [0.717, 1.165) is 16.2 Å². The molecule has 0 aliphatic carbocycles. The molecule has 1 aliphatic heterocycles. The van der Waals surface area contributed by atoms with Crippen molar-refractivity contribution in [2.45, 2.75) is 26.3 Å². The minimum Gasteiger partial charge on any atom is -0.507 e. The molecule has 1 atom stereocenters. The van der Waals surface area contributed by atoms with Crippen LogP contribution in [0.5, 0.6) is 5.75 Å². The average Bonchev–Trinajstić information content (AvgIpc) is 2.66. The lowest BCUT2D eigenvalue weighted by atomic mass is 10.0. The molecule has 4 heteroatoms. The van der Waals surface area contributed by atoms with Gasteiger partial charge in [0, 0.05) is 11.3 Å². The number of thioether (sulfide) groups is 1. The summed E-state index contributed by atoms with van der Waals surface area (Å²) in [6.45, 7) is 5.36. The number of aromatic hydroxyl groups is 1.